The van der Waals surface area contributed by atoms with Crippen LogP contribution in [0.5, 0.6) is 0 Å². The van der Waals surface area contributed by atoms with Crippen molar-refractivity contribution in [1.82, 2.24) is 14.3 Å². The number of nitrogens with one attached hydrogen (secondary N) is 1. The summed E-state index contributed by atoms with van der Waals surface area (Å²) in [6.07, 6.45) is 1.52. The number of hydrogen-bond acceptors (Lipinski definition) is 3. The van der Waals surface area contributed by atoms with Gasteiger partial charge in [0.05, 0.1) is 22.5 Å². The molecule has 2 aromatic heterocycles. The first-order valence-electron chi connectivity index (χ1n) is 8.56. The fraction of sp³-hybridized carbons (Fsp3) is 0.0952. The number of benzene rings is 2. The van der Waals surface area contributed by atoms with Gasteiger partial charge in [-0.25, -0.2) is 4.68 Å². The summed E-state index contributed by atoms with van der Waals surface area (Å²) in [5, 5.41) is 3.63. The van der Waals surface area contributed by atoms with Gasteiger partial charge in [0.1, 0.15) is 5.69 Å². The highest BCUT2D eigenvalue weighted by molar-refractivity contribution is 6.06. The molecule has 0 spiro atoms. The van der Waals surface area contributed by atoms with Crippen molar-refractivity contribution in [1.29, 1.82) is 0 Å². The number of rotatable bonds is 3. The number of hydrogen-bond donors (Lipinski definition) is 1. The lowest BCUT2D eigenvalue weighted by molar-refractivity contribution is 0.102. The summed E-state index contributed by atoms with van der Waals surface area (Å²) < 4.78 is 3.26. The lowest BCUT2D eigenvalue weighted by Crippen LogP contribution is -2.23. The molecular weight excluding hydrogens is 340 g/mol. The van der Waals surface area contributed by atoms with Gasteiger partial charge in [-0.05, 0) is 31.2 Å². The number of amides is 1. The van der Waals surface area contributed by atoms with E-state index in [1.165, 1.54) is 10.9 Å². The van der Waals surface area contributed by atoms with Gasteiger partial charge in [0.15, 0.2) is 0 Å². The maximum absolute atomic E-state index is 12.9. The van der Waals surface area contributed by atoms with Gasteiger partial charge in [0, 0.05) is 18.6 Å². The highest BCUT2D eigenvalue weighted by Gasteiger charge is 2.19. The van der Waals surface area contributed by atoms with E-state index >= 15 is 0 Å². The molecule has 2 aromatic carbocycles. The standard InChI is InChI=1S/C21H18N4O2/c1-14-19(21(27)25(24(14)2)17-9-4-3-5-10-17)23-20(26)16-12-15-8-6-7-11-18(15)22-13-16/h3-13H,1-2H3,(H,23,26). The molecule has 0 bridgehead atoms. The van der Waals surface area contributed by atoms with E-state index in [-0.39, 0.29) is 17.2 Å². The second-order valence-corrected chi connectivity index (χ2v) is 6.31. The van der Waals surface area contributed by atoms with Gasteiger partial charge in [-0.2, -0.15) is 0 Å². The Morgan fingerprint density at radius 2 is 1.74 bits per heavy atom. The third-order valence-electron chi connectivity index (χ3n) is 4.65. The van der Waals surface area contributed by atoms with E-state index in [4.69, 9.17) is 0 Å². The molecule has 6 heteroatoms. The van der Waals surface area contributed by atoms with Crippen LogP contribution in [-0.4, -0.2) is 20.3 Å². The van der Waals surface area contributed by atoms with Crippen LogP contribution in [0.25, 0.3) is 16.6 Å². The summed E-state index contributed by atoms with van der Waals surface area (Å²) in [5.74, 6) is -0.362. The van der Waals surface area contributed by atoms with Crippen LogP contribution in [0.2, 0.25) is 0 Å². The predicted octanol–water partition coefficient (Wildman–Crippen LogP) is 3.28. The number of anilines is 1. The van der Waals surface area contributed by atoms with Crippen molar-refractivity contribution >= 4 is 22.5 Å². The summed E-state index contributed by atoms with van der Waals surface area (Å²) in [5.41, 5.74) is 2.62. The van der Waals surface area contributed by atoms with Crippen LogP contribution < -0.4 is 10.9 Å². The number of nitrogens with zero attached hydrogens (tertiary/aromatic N) is 3. The molecule has 6 nitrogen and oxygen atoms in total. The summed E-state index contributed by atoms with van der Waals surface area (Å²) >= 11 is 0. The average molecular weight is 358 g/mol. The van der Waals surface area contributed by atoms with Crippen molar-refractivity contribution in [2.24, 2.45) is 7.05 Å². The molecule has 0 aliphatic rings. The molecule has 0 saturated heterocycles. The van der Waals surface area contributed by atoms with Gasteiger partial charge in [-0.3, -0.25) is 19.3 Å². The summed E-state index contributed by atoms with van der Waals surface area (Å²) in [6.45, 7) is 1.80. The third-order valence-corrected chi connectivity index (χ3v) is 4.65. The molecule has 134 valence electrons. The average Bonchev–Trinajstić information content (AvgIpc) is 2.91. The molecule has 4 aromatic rings. The number of pyridine rings is 1. The van der Waals surface area contributed by atoms with Crippen molar-refractivity contribution in [3.8, 4) is 5.69 Å². The van der Waals surface area contributed by atoms with E-state index in [1.54, 1.807) is 24.7 Å². The van der Waals surface area contributed by atoms with Crippen molar-refractivity contribution < 1.29 is 4.79 Å². The van der Waals surface area contributed by atoms with Crippen LogP contribution in [0.4, 0.5) is 5.69 Å². The van der Waals surface area contributed by atoms with Gasteiger partial charge in [0.2, 0.25) is 0 Å². The van der Waals surface area contributed by atoms with E-state index < -0.39 is 0 Å². The van der Waals surface area contributed by atoms with E-state index in [0.29, 0.717) is 11.3 Å². The highest BCUT2D eigenvalue weighted by atomic mass is 16.2. The summed E-state index contributed by atoms with van der Waals surface area (Å²) in [6, 6.07) is 18.7. The van der Waals surface area contributed by atoms with Crippen molar-refractivity contribution in [2.75, 3.05) is 5.32 Å². The minimum atomic E-state index is -0.362. The highest BCUT2D eigenvalue weighted by Crippen LogP contribution is 2.17. The lowest BCUT2D eigenvalue weighted by atomic mass is 10.1. The smallest absolute Gasteiger partial charge is 0.295 e. The van der Waals surface area contributed by atoms with Gasteiger partial charge in [0.25, 0.3) is 11.5 Å². The number of carbonyl (C=O) groups excluding carboxylic acids is 1. The van der Waals surface area contributed by atoms with Crippen molar-refractivity contribution in [3.05, 3.63) is 88.5 Å². The predicted molar refractivity (Wildman–Crippen MR) is 105 cm³/mol. The fourth-order valence-electron chi connectivity index (χ4n) is 3.09. The molecule has 1 N–H and O–H groups in total. The largest absolute Gasteiger partial charge is 0.316 e. The molecule has 0 saturated carbocycles. The molecule has 0 fully saturated rings. The second kappa shape index (κ2) is 6.57. The monoisotopic (exact) mass is 358 g/mol. The van der Waals surface area contributed by atoms with E-state index in [2.05, 4.69) is 10.3 Å². The first-order chi connectivity index (χ1) is 13.1. The van der Waals surface area contributed by atoms with Crippen LogP contribution in [0, 0.1) is 6.92 Å². The second-order valence-electron chi connectivity index (χ2n) is 6.31. The first-order valence-corrected chi connectivity index (χ1v) is 8.56. The number of carbonyl (C=O) groups is 1. The molecule has 2 heterocycles. The first kappa shape index (κ1) is 16.8. The molecule has 0 radical (unpaired) electrons. The molecule has 4 rings (SSSR count). The van der Waals surface area contributed by atoms with Crippen LogP contribution in [0.1, 0.15) is 16.1 Å². The summed E-state index contributed by atoms with van der Waals surface area (Å²) in [4.78, 5) is 29.9. The maximum Gasteiger partial charge on any atom is 0.295 e. The molecule has 0 unspecified atom stereocenters. The Hall–Kier alpha value is -3.67. The molecular formula is C21H18N4O2. The number of para-hydroxylation sites is 2. The zero-order chi connectivity index (χ0) is 19.0. The third kappa shape index (κ3) is 2.91. The van der Waals surface area contributed by atoms with Gasteiger partial charge >= 0.3 is 0 Å². The Morgan fingerprint density at radius 1 is 1.04 bits per heavy atom. The number of aromatic nitrogens is 3. The number of fused-ring (bicyclic) bond motifs is 1. The SMILES string of the molecule is Cc1c(NC(=O)c2cnc3ccccc3c2)c(=O)n(-c2ccccc2)n1C. The van der Waals surface area contributed by atoms with Crippen LogP contribution in [-0.2, 0) is 7.05 Å². The Morgan fingerprint density at radius 3 is 2.52 bits per heavy atom. The van der Waals surface area contributed by atoms with Gasteiger partial charge in [-0.15, -0.1) is 0 Å². The molecule has 0 atom stereocenters. The Labute approximate surface area is 155 Å². The maximum atomic E-state index is 12.9. The quantitative estimate of drug-likeness (QED) is 0.611. The van der Waals surface area contributed by atoms with Crippen LogP contribution in [0.3, 0.4) is 0 Å². The molecule has 0 aliphatic heterocycles. The topological polar surface area (TPSA) is 68.9 Å². The minimum absolute atomic E-state index is 0.263. The molecule has 0 aliphatic carbocycles. The lowest BCUT2D eigenvalue weighted by Gasteiger charge is -2.07. The Balaban J connectivity index is 1.72. The Bertz CT molecular complexity index is 1210. The molecule has 1 amide bonds. The van der Waals surface area contributed by atoms with E-state index in [1.807, 2.05) is 54.6 Å². The van der Waals surface area contributed by atoms with Crippen LogP contribution >= 0.6 is 0 Å². The molecule has 27 heavy (non-hydrogen) atoms. The zero-order valence-electron chi connectivity index (χ0n) is 15.0. The van der Waals surface area contributed by atoms with E-state index in [9.17, 15) is 9.59 Å². The van der Waals surface area contributed by atoms with Crippen LogP contribution in [0.15, 0.2) is 71.7 Å². The summed E-state index contributed by atoms with van der Waals surface area (Å²) in [7, 11) is 1.79. The van der Waals surface area contributed by atoms with Gasteiger partial charge < -0.3 is 5.32 Å². The fourth-order valence-corrected chi connectivity index (χ4v) is 3.09. The minimum Gasteiger partial charge on any atom is -0.316 e. The normalized spacial score (nSPS) is 10.9. The zero-order valence-corrected chi connectivity index (χ0v) is 15.0. The van der Waals surface area contributed by atoms with Crippen molar-refractivity contribution in [2.45, 2.75) is 6.92 Å². The Kier molecular flexibility index (Phi) is 4.08. The van der Waals surface area contributed by atoms with Crippen molar-refractivity contribution in [3.63, 3.8) is 0 Å². The van der Waals surface area contributed by atoms with E-state index in [0.717, 1.165) is 16.6 Å². The van der Waals surface area contributed by atoms with Gasteiger partial charge in [-0.1, -0.05) is 36.4 Å².